The van der Waals surface area contributed by atoms with Gasteiger partial charge in [-0.2, -0.15) is 5.10 Å². The number of aryl methyl sites for hydroxylation is 1. The second-order valence-corrected chi connectivity index (χ2v) is 7.09. The van der Waals surface area contributed by atoms with Crippen LogP contribution in [0.25, 0.3) is 22.0 Å². The fraction of sp³-hybridized carbons (Fsp3) is 0.211. The van der Waals surface area contributed by atoms with E-state index in [0.29, 0.717) is 0 Å². The number of aromatic nitrogens is 5. The van der Waals surface area contributed by atoms with Gasteiger partial charge in [-0.05, 0) is 17.7 Å². The molecular weight excluding hydrogens is 344 g/mol. The van der Waals surface area contributed by atoms with Gasteiger partial charge in [-0.25, -0.2) is 4.98 Å². The molecule has 0 saturated heterocycles. The van der Waals surface area contributed by atoms with Crippen molar-refractivity contribution in [1.82, 2.24) is 30.7 Å². The van der Waals surface area contributed by atoms with Crippen LogP contribution >= 0.6 is 11.8 Å². The Balaban J connectivity index is 1.41. The molecule has 2 aromatic carbocycles. The van der Waals surface area contributed by atoms with Crippen LogP contribution in [0.5, 0.6) is 0 Å². The van der Waals surface area contributed by atoms with E-state index in [0.717, 1.165) is 35.5 Å². The highest BCUT2D eigenvalue weighted by atomic mass is 32.2. The van der Waals surface area contributed by atoms with Crippen LogP contribution in [0.3, 0.4) is 0 Å². The van der Waals surface area contributed by atoms with E-state index in [1.165, 1.54) is 21.9 Å². The van der Waals surface area contributed by atoms with Crippen LogP contribution in [0.4, 0.5) is 0 Å². The summed E-state index contributed by atoms with van der Waals surface area (Å²) < 4.78 is 0. The molecule has 0 saturated carbocycles. The summed E-state index contributed by atoms with van der Waals surface area (Å²) in [6, 6.07) is 14.8. The lowest BCUT2D eigenvalue weighted by Gasteiger charge is -2.08. The molecule has 0 aliphatic heterocycles. The highest BCUT2D eigenvalue weighted by Gasteiger charge is 2.10. The summed E-state index contributed by atoms with van der Waals surface area (Å²) in [6.45, 7) is 3.55. The first kappa shape index (κ1) is 16.8. The smallest absolute Gasteiger partial charge is 0.208 e. The summed E-state index contributed by atoms with van der Waals surface area (Å²) in [7, 11) is 0. The summed E-state index contributed by atoms with van der Waals surface area (Å²) in [6.07, 6.45) is 1.90. The maximum absolute atomic E-state index is 4.29. The molecule has 0 atom stereocenters. The van der Waals surface area contributed by atoms with Crippen LogP contribution in [-0.2, 0) is 6.54 Å². The van der Waals surface area contributed by atoms with E-state index in [1.807, 2.05) is 13.1 Å². The first-order valence-electron chi connectivity index (χ1n) is 8.54. The monoisotopic (exact) mass is 364 g/mol. The molecular formula is C19H20N6S. The van der Waals surface area contributed by atoms with Gasteiger partial charge in [-0.1, -0.05) is 54.2 Å². The molecule has 0 fully saturated rings. The van der Waals surface area contributed by atoms with Gasteiger partial charge < -0.3 is 5.32 Å². The number of nitrogens with zero attached hydrogens (tertiary/aromatic N) is 3. The standard InChI is InChI=1S/C19H20N6S/c1-13-22-19(25-23-13)26-10-9-20-11-15-12-21-24-18(15)17-8-4-6-14-5-2-3-7-16(14)17/h2-8,12,20H,9-11H2,1H3,(H,21,24)(H,22,23,25). The van der Waals surface area contributed by atoms with Gasteiger partial charge in [0, 0.05) is 30.0 Å². The first-order chi connectivity index (χ1) is 12.8. The molecule has 0 aliphatic rings. The molecule has 0 unspecified atom stereocenters. The van der Waals surface area contributed by atoms with Crippen molar-refractivity contribution in [2.45, 2.75) is 18.6 Å². The average Bonchev–Trinajstić information content (AvgIpc) is 3.30. The number of thioether (sulfide) groups is 1. The van der Waals surface area contributed by atoms with E-state index in [9.17, 15) is 0 Å². The number of rotatable bonds is 7. The fourth-order valence-corrected chi connectivity index (χ4v) is 3.69. The number of benzene rings is 2. The fourth-order valence-electron chi connectivity index (χ4n) is 2.95. The summed E-state index contributed by atoms with van der Waals surface area (Å²) in [5, 5.41) is 21.1. The molecule has 0 bridgehead atoms. The summed E-state index contributed by atoms with van der Waals surface area (Å²) in [5.74, 6) is 1.76. The van der Waals surface area contributed by atoms with Crippen LogP contribution in [0, 0.1) is 6.92 Å². The molecule has 3 N–H and O–H groups in total. The zero-order chi connectivity index (χ0) is 17.8. The lowest BCUT2D eigenvalue weighted by molar-refractivity contribution is 0.732. The highest BCUT2D eigenvalue weighted by Crippen LogP contribution is 2.29. The van der Waals surface area contributed by atoms with Crippen molar-refractivity contribution in [3.05, 3.63) is 60.0 Å². The van der Waals surface area contributed by atoms with Crippen LogP contribution in [0.1, 0.15) is 11.4 Å². The maximum Gasteiger partial charge on any atom is 0.208 e. The lowest BCUT2D eigenvalue weighted by atomic mass is 10.00. The van der Waals surface area contributed by atoms with Crippen LogP contribution in [0.2, 0.25) is 0 Å². The van der Waals surface area contributed by atoms with Gasteiger partial charge in [0.2, 0.25) is 5.16 Å². The number of nitrogens with one attached hydrogen (secondary N) is 3. The van der Waals surface area contributed by atoms with Gasteiger partial charge in [0.1, 0.15) is 5.82 Å². The predicted molar refractivity (Wildman–Crippen MR) is 105 cm³/mol. The van der Waals surface area contributed by atoms with Crippen molar-refractivity contribution < 1.29 is 0 Å². The van der Waals surface area contributed by atoms with Crippen molar-refractivity contribution in [1.29, 1.82) is 0 Å². The van der Waals surface area contributed by atoms with Crippen molar-refractivity contribution in [3.8, 4) is 11.3 Å². The molecule has 0 spiro atoms. The zero-order valence-electron chi connectivity index (χ0n) is 14.5. The maximum atomic E-state index is 4.29. The number of aromatic amines is 2. The topological polar surface area (TPSA) is 82.3 Å². The Bertz CT molecular complexity index is 1000. The summed E-state index contributed by atoms with van der Waals surface area (Å²) in [4.78, 5) is 4.29. The number of fused-ring (bicyclic) bond motifs is 1. The van der Waals surface area contributed by atoms with Crippen molar-refractivity contribution in [2.24, 2.45) is 0 Å². The molecule has 6 nitrogen and oxygen atoms in total. The molecule has 132 valence electrons. The number of hydrogen-bond acceptors (Lipinski definition) is 5. The third kappa shape index (κ3) is 3.63. The Hall–Kier alpha value is -2.64. The van der Waals surface area contributed by atoms with Gasteiger partial charge in [-0.15, -0.1) is 5.10 Å². The molecule has 4 aromatic rings. The molecule has 0 radical (unpaired) electrons. The third-order valence-electron chi connectivity index (χ3n) is 4.18. The Labute approximate surface area is 155 Å². The van der Waals surface area contributed by atoms with Crippen molar-refractivity contribution >= 4 is 22.5 Å². The highest BCUT2D eigenvalue weighted by molar-refractivity contribution is 7.99. The van der Waals surface area contributed by atoms with E-state index in [2.05, 4.69) is 73.2 Å². The third-order valence-corrected chi connectivity index (χ3v) is 5.03. The van der Waals surface area contributed by atoms with Crippen molar-refractivity contribution in [2.75, 3.05) is 12.3 Å². The van der Waals surface area contributed by atoms with Gasteiger partial charge in [0.05, 0.1) is 11.9 Å². The lowest BCUT2D eigenvalue weighted by Crippen LogP contribution is -2.16. The Morgan fingerprint density at radius 1 is 1.08 bits per heavy atom. The SMILES string of the molecule is Cc1nc(SCCNCc2cn[nH]c2-c2cccc3ccccc23)n[nH]1. The van der Waals surface area contributed by atoms with E-state index in [4.69, 9.17) is 0 Å². The molecule has 0 amide bonds. The molecule has 2 aromatic heterocycles. The second kappa shape index (κ2) is 7.72. The van der Waals surface area contributed by atoms with Crippen LogP contribution < -0.4 is 5.32 Å². The van der Waals surface area contributed by atoms with Crippen LogP contribution in [-0.4, -0.2) is 37.7 Å². The van der Waals surface area contributed by atoms with Gasteiger partial charge in [0.25, 0.3) is 0 Å². The Morgan fingerprint density at radius 2 is 1.96 bits per heavy atom. The minimum atomic E-state index is 0.767. The minimum Gasteiger partial charge on any atom is -0.312 e. The molecule has 26 heavy (non-hydrogen) atoms. The van der Waals surface area contributed by atoms with E-state index >= 15 is 0 Å². The van der Waals surface area contributed by atoms with Crippen LogP contribution in [0.15, 0.2) is 53.8 Å². The largest absolute Gasteiger partial charge is 0.312 e. The van der Waals surface area contributed by atoms with E-state index < -0.39 is 0 Å². The minimum absolute atomic E-state index is 0.767. The summed E-state index contributed by atoms with van der Waals surface area (Å²) >= 11 is 1.64. The Morgan fingerprint density at radius 3 is 2.85 bits per heavy atom. The van der Waals surface area contributed by atoms with E-state index in [-0.39, 0.29) is 0 Å². The number of H-pyrrole nitrogens is 2. The molecule has 4 rings (SSSR count). The van der Waals surface area contributed by atoms with Gasteiger partial charge >= 0.3 is 0 Å². The number of hydrogen-bond donors (Lipinski definition) is 3. The normalized spacial score (nSPS) is 11.3. The van der Waals surface area contributed by atoms with E-state index in [1.54, 1.807) is 11.8 Å². The van der Waals surface area contributed by atoms with Crippen molar-refractivity contribution in [3.63, 3.8) is 0 Å². The Kier molecular flexibility index (Phi) is 4.99. The molecule has 7 heteroatoms. The predicted octanol–water partition coefficient (Wildman–Crippen LogP) is 3.54. The zero-order valence-corrected chi connectivity index (χ0v) is 15.3. The molecule has 0 aliphatic carbocycles. The quantitative estimate of drug-likeness (QED) is 0.345. The van der Waals surface area contributed by atoms with Gasteiger partial charge in [-0.3, -0.25) is 10.2 Å². The second-order valence-electron chi connectivity index (χ2n) is 6.03. The first-order valence-corrected chi connectivity index (χ1v) is 9.53. The molecule has 2 heterocycles. The van der Waals surface area contributed by atoms with Gasteiger partial charge in [0.15, 0.2) is 0 Å². The average molecular weight is 364 g/mol. The summed E-state index contributed by atoms with van der Waals surface area (Å²) in [5.41, 5.74) is 3.43.